The van der Waals surface area contributed by atoms with Crippen molar-refractivity contribution in [3.8, 4) is 0 Å². The summed E-state index contributed by atoms with van der Waals surface area (Å²) in [6, 6.07) is 3.48. The van der Waals surface area contributed by atoms with Crippen LogP contribution in [-0.2, 0) is 23.9 Å². The molecule has 1 aromatic heterocycles. The number of ether oxygens (including phenoxy) is 2. The molecule has 9 heteroatoms. The van der Waals surface area contributed by atoms with E-state index in [1.165, 1.54) is 23.6 Å². The predicted octanol–water partition coefficient (Wildman–Crippen LogP) is 0.726. The molecule has 3 heterocycles. The van der Waals surface area contributed by atoms with Crippen LogP contribution in [0.5, 0.6) is 0 Å². The fraction of sp³-hybridized carbons (Fsp3) is 0.375. The first kappa shape index (κ1) is 17.4. The van der Waals surface area contributed by atoms with Gasteiger partial charge in [0.2, 0.25) is 12.7 Å². The minimum Gasteiger partial charge on any atom is -0.428 e. The lowest BCUT2D eigenvalue weighted by atomic mass is 9.92. The molecule has 1 saturated heterocycles. The summed E-state index contributed by atoms with van der Waals surface area (Å²) >= 11 is 1.31. The van der Waals surface area contributed by atoms with E-state index >= 15 is 0 Å². The van der Waals surface area contributed by atoms with E-state index in [1.54, 1.807) is 31.5 Å². The Morgan fingerprint density at radius 1 is 1.44 bits per heavy atom. The fourth-order valence-electron chi connectivity index (χ4n) is 2.71. The quantitative estimate of drug-likeness (QED) is 0.463. The number of esters is 2. The summed E-state index contributed by atoms with van der Waals surface area (Å²) < 4.78 is 9.57. The number of β-lactam (4-membered cyclic amide) rings is 1. The van der Waals surface area contributed by atoms with Gasteiger partial charge in [-0.25, -0.2) is 4.79 Å². The van der Waals surface area contributed by atoms with Crippen molar-refractivity contribution in [2.75, 3.05) is 6.79 Å². The molecule has 0 aliphatic carbocycles. The second-order valence-corrected chi connectivity index (χ2v) is 6.71. The first-order chi connectivity index (χ1) is 11.9. The number of hydrogen-bond donors (Lipinski definition) is 1. The highest BCUT2D eigenvalue weighted by atomic mass is 32.2. The van der Waals surface area contributed by atoms with Crippen molar-refractivity contribution in [2.24, 2.45) is 5.92 Å². The van der Waals surface area contributed by atoms with Crippen LogP contribution < -0.4 is 0 Å². The van der Waals surface area contributed by atoms with Gasteiger partial charge in [0.15, 0.2) is 0 Å². The Balaban J connectivity index is 1.90. The number of nitrogens with zero attached hydrogens (tertiary/aromatic N) is 2. The molecule has 8 nitrogen and oxygen atoms in total. The summed E-state index contributed by atoms with van der Waals surface area (Å²) in [5, 5.41) is 9.43. The average molecular weight is 364 g/mol. The normalized spacial score (nSPS) is 23.0. The molecule has 2 aliphatic heterocycles. The van der Waals surface area contributed by atoms with Gasteiger partial charge in [0.25, 0.3) is 0 Å². The van der Waals surface area contributed by atoms with Crippen LogP contribution in [0.25, 0.3) is 4.91 Å². The first-order valence-corrected chi connectivity index (χ1v) is 8.42. The van der Waals surface area contributed by atoms with Gasteiger partial charge in [-0.2, -0.15) is 0 Å². The molecule has 132 valence electrons. The predicted molar refractivity (Wildman–Crippen MR) is 87.3 cm³/mol. The molecule has 1 amide bonds. The van der Waals surface area contributed by atoms with E-state index in [9.17, 15) is 19.5 Å². The second kappa shape index (κ2) is 6.85. The Morgan fingerprint density at radius 2 is 2.20 bits per heavy atom. The molecule has 0 radical (unpaired) electrons. The number of pyridine rings is 1. The van der Waals surface area contributed by atoms with E-state index in [1.807, 2.05) is 0 Å². The van der Waals surface area contributed by atoms with Crippen LogP contribution in [0.15, 0.2) is 30.2 Å². The number of thioether (sulfide) groups is 1. The fourth-order valence-corrected chi connectivity index (χ4v) is 4.30. The van der Waals surface area contributed by atoms with Gasteiger partial charge in [-0.1, -0.05) is 17.8 Å². The maximum atomic E-state index is 12.5. The molecule has 0 bridgehead atoms. The summed E-state index contributed by atoms with van der Waals surface area (Å²) in [7, 11) is 0. The van der Waals surface area contributed by atoms with Crippen molar-refractivity contribution in [1.82, 2.24) is 9.88 Å². The van der Waals surface area contributed by atoms with Gasteiger partial charge in [-0.05, 0) is 13.0 Å². The molecule has 25 heavy (non-hydrogen) atoms. The summed E-state index contributed by atoms with van der Waals surface area (Å²) in [5.41, 5.74) is 0.746. The molecule has 3 atom stereocenters. The second-order valence-electron chi connectivity index (χ2n) is 5.59. The third-order valence-electron chi connectivity index (χ3n) is 3.87. The standard InChI is InChI=1S/C16H16N2O6S/c1-8(19)11-14(21)18-12(16(22)24-7-23-9(2)20)13(25-15(11)18)10-4-3-5-17-6-10/h3-6,8,11,15,19H,7H2,1-2H3/t8-,11-,15+/m0/s1. The lowest BCUT2D eigenvalue weighted by Crippen LogP contribution is -2.60. The Labute approximate surface area is 147 Å². The number of rotatable bonds is 5. The monoisotopic (exact) mass is 364 g/mol. The zero-order valence-corrected chi connectivity index (χ0v) is 14.4. The molecule has 3 rings (SSSR count). The number of aromatic nitrogens is 1. The Kier molecular flexibility index (Phi) is 4.78. The highest BCUT2D eigenvalue weighted by Gasteiger charge is 2.58. The van der Waals surface area contributed by atoms with Gasteiger partial charge in [0.05, 0.1) is 12.0 Å². The Bertz CT molecular complexity index is 748. The van der Waals surface area contributed by atoms with Crippen molar-refractivity contribution in [2.45, 2.75) is 25.3 Å². The molecule has 1 fully saturated rings. The van der Waals surface area contributed by atoms with Crippen LogP contribution in [0.1, 0.15) is 19.4 Å². The summed E-state index contributed by atoms with van der Waals surface area (Å²) in [5.74, 6) is -2.28. The third kappa shape index (κ3) is 3.12. The Hall–Kier alpha value is -2.39. The third-order valence-corrected chi connectivity index (χ3v) is 5.28. The number of aliphatic hydroxyl groups excluding tert-OH is 1. The van der Waals surface area contributed by atoms with Crippen LogP contribution in [0.3, 0.4) is 0 Å². The number of carbonyl (C=O) groups excluding carboxylic acids is 3. The highest BCUT2D eigenvalue weighted by Crippen LogP contribution is 2.53. The lowest BCUT2D eigenvalue weighted by Gasteiger charge is -2.43. The first-order valence-electron chi connectivity index (χ1n) is 7.54. The Morgan fingerprint density at radius 3 is 2.80 bits per heavy atom. The zero-order chi connectivity index (χ0) is 18.1. The molecule has 0 spiro atoms. The number of aliphatic hydroxyl groups is 1. The summed E-state index contributed by atoms with van der Waals surface area (Å²) in [6.07, 6.45) is 2.35. The minimum atomic E-state index is -0.826. The maximum Gasteiger partial charge on any atom is 0.359 e. The molecule has 2 aliphatic rings. The molecule has 1 aromatic rings. The van der Waals surface area contributed by atoms with Gasteiger partial charge >= 0.3 is 11.9 Å². The van der Waals surface area contributed by atoms with Gasteiger partial charge in [-0.3, -0.25) is 19.5 Å². The number of hydrogen-bond acceptors (Lipinski definition) is 8. The molecule has 0 aromatic carbocycles. The van der Waals surface area contributed by atoms with Crippen molar-refractivity contribution >= 4 is 34.5 Å². The van der Waals surface area contributed by atoms with E-state index in [0.717, 1.165) is 0 Å². The largest absolute Gasteiger partial charge is 0.428 e. The van der Waals surface area contributed by atoms with Crippen molar-refractivity contribution in [3.63, 3.8) is 0 Å². The van der Waals surface area contributed by atoms with Gasteiger partial charge in [0, 0.05) is 29.8 Å². The number of carbonyl (C=O) groups is 3. The van der Waals surface area contributed by atoms with Gasteiger partial charge < -0.3 is 14.6 Å². The van der Waals surface area contributed by atoms with Crippen LogP contribution in [0.4, 0.5) is 0 Å². The SMILES string of the molecule is CC(=O)OCOC(=O)C1=C(c2cccnc2)S[C@@H]2[C@@H]([C@H](C)O)C(=O)N12. The summed E-state index contributed by atoms with van der Waals surface area (Å²) in [4.78, 5) is 41.5. The van der Waals surface area contributed by atoms with E-state index in [4.69, 9.17) is 4.74 Å². The highest BCUT2D eigenvalue weighted by molar-refractivity contribution is 8.09. The zero-order valence-electron chi connectivity index (χ0n) is 13.5. The topological polar surface area (TPSA) is 106 Å². The number of fused-ring (bicyclic) bond motifs is 1. The van der Waals surface area contributed by atoms with E-state index in [2.05, 4.69) is 9.72 Å². The van der Waals surface area contributed by atoms with Crippen LogP contribution in [0.2, 0.25) is 0 Å². The molecular formula is C16H16N2O6S. The van der Waals surface area contributed by atoms with E-state index in [-0.39, 0.29) is 17.0 Å². The summed E-state index contributed by atoms with van der Waals surface area (Å²) in [6.45, 7) is 2.21. The maximum absolute atomic E-state index is 12.5. The lowest BCUT2D eigenvalue weighted by molar-refractivity contribution is -0.168. The minimum absolute atomic E-state index is 0.0806. The van der Waals surface area contributed by atoms with Crippen molar-refractivity contribution < 1.29 is 29.0 Å². The van der Waals surface area contributed by atoms with Crippen LogP contribution in [0, 0.1) is 5.92 Å². The van der Waals surface area contributed by atoms with Gasteiger partial charge in [0.1, 0.15) is 11.1 Å². The van der Waals surface area contributed by atoms with Gasteiger partial charge in [-0.15, -0.1) is 0 Å². The van der Waals surface area contributed by atoms with E-state index < -0.39 is 30.8 Å². The number of amides is 1. The van der Waals surface area contributed by atoms with Crippen LogP contribution >= 0.6 is 11.8 Å². The molecule has 0 unspecified atom stereocenters. The average Bonchev–Trinajstić information content (AvgIpc) is 2.90. The molecule has 0 saturated carbocycles. The van der Waals surface area contributed by atoms with Crippen molar-refractivity contribution in [1.29, 1.82) is 0 Å². The van der Waals surface area contributed by atoms with Crippen molar-refractivity contribution in [3.05, 3.63) is 35.8 Å². The van der Waals surface area contributed by atoms with E-state index in [0.29, 0.717) is 10.5 Å². The molecule has 1 N–H and O–H groups in total. The van der Waals surface area contributed by atoms with Crippen LogP contribution in [-0.4, -0.2) is 51.1 Å². The molecular weight excluding hydrogens is 348 g/mol. The smallest absolute Gasteiger partial charge is 0.359 e.